The molecule has 0 radical (unpaired) electrons. The number of hydrogen-bond donors (Lipinski definition) is 1. The Balaban J connectivity index is 5.31. The first kappa shape index (κ1) is 18.4. The van der Waals surface area contributed by atoms with Crippen molar-refractivity contribution in [3.63, 3.8) is 0 Å². The quantitative estimate of drug-likeness (QED) is 0.684. The molecule has 114 valence electrons. The minimum absolute atomic E-state index is 0.0921. The van der Waals surface area contributed by atoms with Crippen molar-refractivity contribution < 1.29 is 9.53 Å². The van der Waals surface area contributed by atoms with Crippen LogP contribution in [0.5, 0.6) is 0 Å². The Labute approximate surface area is 119 Å². The summed E-state index contributed by atoms with van der Waals surface area (Å²) < 4.78 is 5.37. The smallest absolute Gasteiger partial charge is 0.312 e. The van der Waals surface area contributed by atoms with Crippen LogP contribution < -0.4 is 5.73 Å². The first-order valence-corrected chi connectivity index (χ1v) is 7.43. The zero-order chi connectivity index (χ0) is 15.3. The third-order valence-corrected chi connectivity index (χ3v) is 4.97. The molecule has 0 aliphatic heterocycles. The third-order valence-electron chi connectivity index (χ3n) is 4.97. The van der Waals surface area contributed by atoms with Gasteiger partial charge in [0.2, 0.25) is 0 Å². The molecule has 0 aliphatic carbocycles. The molecule has 0 saturated heterocycles. The number of rotatable bonds is 8. The monoisotopic (exact) mass is 271 g/mol. The van der Waals surface area contributed by atoms with Gasteiger partial charge in [-0.25, -0.2) is 0 Å². The lowest BCUT2D eigenvalue weighted by molar-refractivity contribution is -0.166. The summed E-state index contributed by atoms with van der Waals surface area (Å²) in [7, 11) is 0. The van der Waals surface area contributed by atoms with Crippen LogP contribution in [0.2, 0.25) is 0 Å². The SMILES string of the molecule is CCC(C)(C)CC(C)(C(=O)OCCN)C(C)(C)CC. The Morgan fingerprint density at radius 3 is 1.95 bits per heavy atom. The van der Waals surface area contributed by atoms with Crippen LogP contribution in [0, 0.1) is 16.2 Å². The molecule has 1 unspecified atom stereocenters. The van der Waals surface area contributed by atoms with E-state index < -0.39 is 5.41 Å². The van der Waals surface area contributed by atoms with E-state index in [9.17, 15) is 4.79 Å². The molecule has 0 fully saturated rings. The van der Waals surface area contributed by atoms with Crippen molar-refractivity contribution in [3.05, 3.63) is 0 Å². The molecule has 3 nitrogen and oxygen atoms in total. The largest absolute Gasteiger partial charge is 0.464 e. The maximum atomic E-state index is 12.5. The summed E-state index contributed by atoms with van der Waals surface area (Å²) in [6.07, 6.45) is 2.83. The van der Waals surface area contributed by atoms with Gasteiger partial charge in [-0.3, -0.25) is 4.79 Å². The van der Waals surface area contributed by atoms with E-state index in [2.05, 4.69) is 41.5 Å². The molecular weight excluding hydrogens is 238 g/mol. The summed E-state index contributed by atoms with van der Waals surface area (Å²) in [4.78, 5) is 12.5. The maximum absolute atomic E-state index is 12.5. The number of carbonyl (C=O) groups excluding carboxylic acids is 1. The van der Waals surface area contributed by atoms with Crippen molar-refractivity contribution in [1.82, 2.24) is 0 Å². The van der Waals surface area contributed by atoms with Crippen LogP contribution in [-0.2, 0) is 9.53 Å². The van der Waals surface area contributed by atoms with Gasteiger partial charge in [-0.1, -0.05) is 48.0 Å². The standard InChI is InChI=1S/C16H33NO2/c1-8-14(3,4)12-16(7,15(5,6)9-2)13(18)19-11-10-17/h8-12,17H2,1-7H3. The lowest BCUT2D eigenvalue weighted by Crippen LogP contribution is -2.46. The molecule has 19 heavy (non-hydrogen) atoms. The Kier molecular flexibility index (Phi) is 6.53. The van der Waals surface area contributed by atoms with Gasteiger partial charge < -0.3 is 10.5 Å². The highest BCUT2D eigenvalue weighted by Crippen LogP contribution is 2.50. The van der Waals surface area contributed by atoms with E-state index in [1.165, 1.54) is 0 Å². The number of ether oxygens (including phenoxy) is 1. The molecule has 0 aliphatic rings. The topological polar surface area (TPSA) is 52.3 Å². The third kappa shape index (κ3) is 4.48. The van der Waals surface area contributed by atoms with Crippen LogP contribution >= 0.6 is 0 Å². The fourth-order valence-electron chi connectivity index (χ4n) is 2.37. The molecule has 0 aromatic heterocycles. The van der Waals surface area contributed by atoms with Gasteiger partial charge in [0.15, 0.2) is 0 Å². The van der Waals surface area contributed by atoms with E-state index in [-0.39, 0.29) is 16.8 Å². The molecule has 0 heterocycles. The summed E-state index contributed by atoms with van der Waals surface area (Å²) in [6.45, 7) is 15.8. The van der Waals surface area contributed by atoms with E-state index in [0.717, 1.165) is 19.3 Å². The maximum Gasteiger partial charge on any atom is 0.312 e. The zero-order valence-electron chi connectivity index (χ0n) is 13.9. The highest BCUT2D eigenvalue weighted by Gasteiger charge is 2.49. The molecule has 0 saturated carbocycles. The van der Waals surface area contributed by atoms with Crippen molar-refractivity contribution in [2.24, 2.45) is 22.0 Å². The summed E-state index contributed by atoms with van der Waals surface area (Å²) in [5, 5.41) is 0. The molecule has 2 N–H and O–H groups in total. The lowest BCUT2D eigenvalue weighted by Gasteiger charge is -2.45. The normalized spacial score (nSPS) is 16.0. The minimum atomic E-state index is -0.476. The lowest BCUT2D eigenvalue weighted by atomic mass is 9.58. The van der Waals surface area contributed by atoms with E-state index in [1.807, 2.05) is 6.92 Å². The van der Waals surface area contributed by atoms with Gasteiger partial charge in [0.05, 0.1) is 5.41 Å². The molecule has 3 heteroatoms. The fourth-order valence-corrected chi connectivity index (χ4v) is 2.37. The number of hydrogen-bond acceptors (Lipinski definition) is 3. The highest BCUT2D eigenvalue weighted by molar-refractivity contribution is 5.77. The Morgan fingerprint density at radius 2 is 1.58 bits per heavy atom. The number of esters is 1. The molecular formula is C16H33NO2. The van der Waals surface area contributed by atoms with Crippen molar-refractivity contribution in [2.75, 3.05) is 13.2 Å². The van der Waals surface area contributed by atoms with Crippen LogP contribution in [0.15, 0.2) is 0 Å². The predicted octanol–water partition coefficient (Wildman–Crippen LogP) is 3.76. The highest BCUT2D eigenvalue weighted by atomic mass is 16.5. The first-order chi connectivity index (χ1) is 8.56. The van der Waals surface area contributed by atoms with Crippen LogP contribution in [0.25, 0.3) is 0 Å². The average Bonchev–Trinajstić information content (AvgIpc) is 2.34. The second-order valence-corrected chi connectivity index (χ2v) is 7.19. The Morgan fingerprint density at radius 1 is 1.05 bits per heavy atom. The fraction of sp³-hybridized carbons (Fsp3) is 0.938. The summed E-state index contributed by atoms with van der Waals surface area (Å²) in [5.41, 5.74) is 5.00. The van der Waals surface area contributed by atoms with E-state index in [1.54, 1.807) is 0 Å². The molecule has 1 atom stereocenters. The molecule has 0 aromatic carbocycles. The van der Waals surface area contributed by atoms with E-state index >= 15 is 0 Å². The molecule has 0 amide bonds. The van der Waals surface area contributed by atoms with E-state index in [4.69, 9.17) is 10.5 Å². The first-order valence-electron chi connectivity index (χ1n) is 7.43. The molecule has 0 aromatic rings. The number of nitrogens with two attached hydrogens (primary N) is 1. The predicted molar refractivity (Wildman–Crippen MR) is 80.9 cm³/mol. The Bertz CT molecular complexity index is 297. The van der Waals surface area contributed by atoms with Gasteiger partial charge in [0, 0.05) is 6.54 Å². The second kappa shape index (κ2) is 6.74. The molecule has 0 bridgehead atoms. The molecule has 0 spiro atoms. The van der Waals surface area contributed by atoms with Crippen molar-refractivity contribution in [2.45, 2.75) is 67.7 Å². The summed E-state index contributed by atoms with van der Waals surface area (Å²) in [6, 6.07) is 0. The van der Waals surface area contributed by atoms with Gasteiger partial charge in [-0.2, -0.15) is 0 Å². The van der Waals surface area contributed by atoms with Crippen LogP contribution in [0.4, 0.5) is 0 Å². The van der Waals surface area contributed by atoms with Gasteiger partial charge in [-0.05, 0) is 30.6 Å². The number of carbonyl (C=O) groups is 1. The van der Waals surface area contributed by atoms with Crippen molar-refractivity contribution >= 4 is 5.97 Å². The second-order valence-electron chi connectivity index (χ2n) is 7.19. The van der Waals surface area contributed by atoms with Gasteiger partial charge >= 0.3 is 5.97 Å². The summed E-state index contributed by atoms with van der Waals surface area (Å²) >= 11 is 0. The zero-order valence-corrected chi connectivity index (χ0v) is 13.9. The molecule has 0 rings (SSSR count). The van der Waals surface area contributed by atoms with Crippen molar-refractivity contribution in [1.29, 1.82) is 0 Å². The van der Waals surface area contributed by atoms with E-state index in [0.29, 0.717) is 13.2 Å². The van der Waals surface area contributed by atoms with Gasteiger partial charge in [-0.15, -0.1) is 0 Å². The van der Waals surface area contributed by atoms with Crippen LogP contribution in [-0.4, -0.2) is 19.1 Å². The van der Waals surface area contributed by atoms with Gasteiger partial charge in [0.25, 0.3) is 0 Å². The summed E-state index contributed by atoms with van der Waals surface area (Å²) in [5.74, 6) is -0.105. The van der Waals surface area contributed by atoms with Gasteiger partial charge in [0.1, 0.15) is 6.61 Å². The minimum Gasteiger partial charge on any atom is -0.464 e. The van der Waals surface area contributed by atoms with Crippen LogP contribution in [0.1, 0.15) is 67.7 Å². The Hall–Kier alpha value is -0.570. The van der Waals surface area contributed by atoms with Crippen LogP contribution in [0.3, 0.4) is 0 Å². The van der Waals surface area contributed by atoms with Crippen molar-refractivity contribution in [3.8, 4) is 0 Å². The average molecular weight is 271 g/mol.